The quantitative estimate of drug-likeness (QED) is 0.418. The van der Waals surface area contributed by atoms with Crippen molar-refractivity contribution in [1.82, 2.24) is 25.3 Å². The fraction of sp³-hybridized carbons (Fsp3) is 0.500. The summed E-state index contributed by atoms with van der Waals surface area (Å²) in [5, 5.41) is 7.29. The number of aromatic nitrogens is 2. The zero-order valence-electron chi connectivity index (χ0n) is 22.9. The molecule has 9 nitrogen and oxygen atoms in total. The number of nitrogens with zero attached hydrogens (tertiary/aromatic N) is 5. The molecule has 1 aliphatic heterocycles. The Morgan fingerprint density at radius 1 is 1.16 bits per heavy atom. The van der Waals surface area contributed by atoms with Crippen molar-refractivity contribution in [2.24, 2.45) is 0 Å². The molecule has 1 saturated heterocycles. The van der Waals surface area contributed by atoms with E-state index in [0.29, 0.717) is 18.7 Å². The van der Waals surface area contributed by atoms with Crippen LogP contribution in [0.25, 0.3) is 10.4 Å². The molecule has 10 heteroatoms. The van der Waals surface area contributed by atoms with Gasteiger partial charge in [-0.3, -0.25) is 9.59 Å². The Labute approximate surface area is 228 Å². The Morgan fingerprint density at radius 2 is 1.87 bits per heavy atom. The van der Waals surface area contributed by atoms with Crippen molar-refractivity contribution in [3.63, 3.8) is 0 Å². The number of anilines is 1. The van der Waals surface area contributed by atoms with Crippen LogP contribution in [0.3, 0.4) is 0 Å². The van der Waals surface area contributed by atoms with Crippen molar-refractivity contribution >= 4 is 29.0 Å². The maximum atomic E-state index is 13.3. The summed E-state index contributed by atoms with van der Waals surface area (Å²) < 4.78 is 5.49. The molecule has 3 aromatic rings. The number of hydrogen-bond donors (Lipinski definition) is 1. The van der Waals surface area contributed by atoms with Crippen LogP contribution in [-0.4, -0.2) is 77.6 Å². The molecule has 2 amide bonds. The van der Waals surface area contributed by atoms with Gasteiger partial charge in [0, 0.05) is 38.8 Å². The number of benzene rings is 1. The van der Waals surface area contributed by atoms with E-state index in [1.807, 2.05) is 51.4 Å². The van der Waals surface area contributed by atoms with E-state index in [0.717, 1.165) is 53.7 Å². The molecule has 2 aromatic heterocycles. The average molecular weight is 539 g/mol. The number of amides is 2. The smallest absolute Gasteiger partial charge is 0.243 e. The molecule has 1 aromatic carbocycles. The Kier molecular flexibility index (Phi) is 9.17. The molecule has 38 heavy (non-hydrogen) atoms. The summed E-state index contributed by atoms with van der Waals surface area (Å²) in [5.41, 5.74) is 4.98. The first-order valence-electron chi connectivity index (χ1n) is 13.3. The Bertz CT molecular complexity index is 1220. The summed E-state index contributed by atoms with van der Waals surface area (Å²) in [6.45, 7) is 11.9. The minimum Gasteiger partial charge on any atom is -0.359 e. The number of rotatable bonds is 10. The normalized spacial score (nSPS) is 15.8. The minimum absolute atomic E-state index is 0.0758. The SMILES string of the molecule is CC[C@@H](C(=O)N[C@@H](C)c1ccc(-c2scnc2C)cc1)N(CC)C(=O)Cc1cc(N2CCN(C)CC2)no1. The first-order chi connectivity index (χ1) is 18.3. The van der Waals surface area contributed by atoms with E-state index in [1.165, 1.54) is 0 Å². The molecule has 2 atom stereocenters. The summed E-state index contributed by atoms with van der Waals surface area (Å²) in [6.07, 6.45) is 0.594. The largest absolute Gasteiger partial charge is 0.359 e. The summed E-state index contributed by atoms with van der Waals surface area (Å²) in [7, 11) is 2.10. The zero-order valence-corrected chi connectivity index (χ0v) is 23.8. The van der Waals surface area contributed by atoms with Crippen LogP contribution in [0.1, 0.15) is 50.3 Å². The second kappa shape index (κ2) is 12.5. The molecular formula is C28H38N6O3S. The topological polar surface area (TPSA) is 94.8 Å². The van der Waals surface area contributed by atoms with E-state index in [2.05, 4.69) is 44.4 Å². The van der Waals surface area contributed by atoms with Crippen LogP contribution in [0, 0.1) is 6.92 Å². The van der Waals surface area contributed by atoms with Crippen LogP contribution in [0.2, 0.25) is 0 Å². The molecule has 3 heterocycles. The third-order valence-electron chi connectivity index (χ3n) is 7.20. The van der Waals surface area contributed by atoms with Crippen LogP contribution < -0.4 is 10.2 Å². The van der Waals surface area contributed by atoms with Crippen molar-refractivity contribution in [1.29, 1.82) is 0 Å². The fourth-order valence-electron chi connectivity index (χ4n) is 4.83. The molecule has 0 unspecified atom stereocenters. The van der Waals surface area contributed by atoms with Gasteiger partial charge in [-0.05, 0) is 45.4 Å². The summed E-state index contributed by atoms with van der Waals surface area (Å²) in [6, 6.07) is 9.28. The monoisotopic (exact) mass is 538 g/mol. The van der Waals surface area contributed by atoms with E-state index in [1.54, 1.807) is 16.2 Å². The van der Waals surface area contributed by atoms with Crippen LogP contribution in [0.4, 0.5) is 5.82 Å². The van der Waals surface area contributed by atoms with Crippen LogP contribution in [0.15, 0.2) is 40.4 Å². The highest BCUT2D eigenvalue weighted by atomic mass is 32.1. The Balaban J connectivity index is 1.36. The number of aryl methyl sites for hydroxylation is 1. The number of likely N-dealkylation sites (N-methyl/N-ethyl adjacent to an activating group) is 2. The number of hydrogen-bond acceptors (Lipinski definition) is 8. The highest BCUT2D eigenvalue weighted by Crippen LogP contribution is 2.28. The Hall–Kier alpha value is -3.24. The van der Waals surface area contributed by atoms with Gasteiger partial charge >= 0.3 is 0 Å². The number of thiazole rings is 1. The lowest BCUT2D eigenvalue weighted by Crippen LogP contribution is -2.50. The van der Waals surface area contributed by atoms with Gasteiger partial charge in [0.25, 0.3) is 0 Å². The van der Waals surface area contributed by atoms with Gasteiger partial charge in [0.05, 0.1) is 28.5 Å². The molecule has 0 spiro atoms. The third-order valence-corrected chi connectivity index (χ3v) is 8.18. The number of carbonyl (C=O) groups is 2. The number of piperazine rings is 1. The van der Waals surface area contributed by atoms with Crippen molar-refractivity contribution in [3.05, 3.63) is 52.9 Å². The molecule has 0 aliphatic carbocycles. The Morgan fingerprint density at radius 3 is 2.47 bits per heavy atom. The van der Waals surface area contributed by atoms with E-state index < -0.39 is 6.04 Å². The second-order valence-electron chi connectivity index (χ2n) is 9.84. The minimum atomic E-state index is -0.561. The van der Waals surface area contributed by atoms with Gasteiger partial charge in [0.15, 0.2) is 5.82 Å². The lowest BCUT2D eigenvalue weighted by molar-refractivity contribution is -0.140. The second-order valence-corrected chi connectivity index (χ2v) is 10.7. The van der Waals surface area contributed by atoms with Crippen molar-refractivity contribution in [2.75, 3.05) is 44.7 Å². The standard InChI is InChI=1S/C28H38N6O3S/c1-6-24(28(36)30-19(3)21-8-10-22(11-9-21)27-20(4)29-18-38-27)34(7-2)26(35)17-23-16-25(31-37-23)33-14-12-32(5)13-15-33/h8-11,16,18-19,24H,6-7,12-15,17H2,1-5H3,(H,30,36)/t19-,24-/m0/s1. The van der Waals surface area contributed by atoms with Crippen molar-refractivity contribution in [2.45, 2.75) is 52.6 Å². The lowest BCUT2D eigenvalue weighted by atomic mass is 10.0. The van der Waals surface area contributed by atoms with Crippen molar-refractivity contribution in [3.8, 4) is 10.4 Å². The van der Waals surface area contributed by atoms with Gasteiger partial charge in [-0.1, -0.05) is 36.3 Å². The summed E-state index contributed by atoms with van der Waals surface area (Å²) in [4.78, 5) is 38.1. The van der Waals surface area contributed by atoms with E-state index >= 15 is 0 Å². The highest BCUT2D eigenvalue weighted by Gasteiger charge is 2.29. The predicted octanol–water partition coefficient (Wildman–Crippen LogP) is 3.91. The van der Waals surface area contributed by atoms with Gasteiger partial charge < -0.3 is 24.5 Å². The average Bonchev–Trinajstić information content (AvgIpc) is 3.56. The van der Waals surface area contributed by atoms with Crippen LogP contribution >= 0.6 is 11.3 Å². The molecule has 1 aliphatic rings. The number of nitrogens with one attached hydrogen (secondary N) is 1. The van der Waals surface area contributed by atoms with Gasteiger partial charge in [-0.2, -0.15) is 0 Å². The molecule has 4 rings (SSSR count). The van der Waals surface area contributed by atoms with Gasteiger partial charge in [-0.25, -0.2) is 4.98 Å². The van der Waals surface area contributed by atoms with E-state index in [9.17, 15) is 9.59 Å². The molecule has 0 radical (unpaired) electrons. The summed E-state index contributed by atoms with van der Waals surface area (Å²) in [5.74, 6) is 0.974. The molecule has 1 N–H and O–H groups in total. The predicted molar refractivity (Wildman–Crippen MR) is 150 cm³/mol. The number of carbonyl (C=O) groups excluding carboxylic acids is 2. The highest BCUT2D eigenvalue weighted by molar-refractivity contribution is 7.13. The lowest BCUT2D eigenvalue weighted by Gasteiger charge is -2.32. The zero-order chi connectivity index (χ0) is 27.2. The summed E-state index contributed by atoms with van der Waals surface area (Å²) >= 11 is 1.62. The maximum Gasteiger partial charge on any atom is 0.243 e. The molecular weight excluding hydrogens is 500 g/mol. The van der Waals surface area contributed by atoms with Crippen LogP contribution in [-0.2, 0) is 16.0 Å². The van der Waals surface area contributed by atoms with Crippen molar-refractivity contribution < 1.29 is 14.1 Å². The molecule has 0 saturated carbocycles. The van der Waals surface area contributed by atoms with Gasteiger partial charge in [0.1, 0.15) is 11.8 Å². The van der Waals surface area contributed by atoms with E-state index in [4.69, 9.17) is 4.52 Å². The molecule has 0 bridgehead atoms. The van der Waals surface area contributed by atoms with E-state index in [-0.39, 0.29) is 24.3 Å². The first kappa shape index (κ1) is 27.8. The third kappa shape index (κ3) is 6.42. The van der Waals surface area contributed by atoms with Crippen LogP contribution in [0.5, 0.6) is 0 Å². The maximum absolute atomic E-state index is 13.3. The molecule has 1 fully saturated rings. The first-order valence-corrected chi connectivity index (χ1v) is 14.2. The van der Waals surface area contributed by atoms with Gasteiger partial charge in [0.2, 0.25) is 11.8 Å². The molecule has 204 valence electrons. The van der Waals surface area contributed by atoms with Gasteiger partial charge in [-0.15, -0.1) is 11.3 Å². The fourth-order valence-corrected chi connectivity index (χ4v) is 5.65.